The van der Waals surface area contributed by atoms with Crippen LogP contribution in [0.4, 0.5) is 0 Å². The number of aromatic hydroxyl groups is 1. The van der Waals surface area contributed by atoms with Crippen molar-refractivity contribution in [1.29, 1.82) is 0 Å². The van der Waals surface area contributed by atoms with Gasteiger partial charge in [-0.1, -0.05) is 0 Å². The van der Waals surface area contributed by atoms with Gasteiger partial charge in [0, 0.05) is 0 Å². The summed E-state index contributed by atoms with van der Waals surface area (Å²) < 4.78 is 5.90. The number of phenolic OH excluding ortho intramolecular Hbond substituents is 1. The van der Waals surface area contributed by atoms with Crippen molar-refractivity contribution in [2.75, 3.05) is 0 Å². The van der Waals surface area contributed by atoms with Crippen LogP contribution < -0.4 is 4.74 Å². The summed E-state index contributed by atoms with van der Waals surface area (Å²) in [6, 6.07) is 1.72. The predicted molar refractivity (Wildman–Crippen MR) is 67.2 cm³/mol. The van der Waals surface area contributed by atoms with Crippen molar-refractivity contribution >= 4 is 5.97 Å². The molecule has 1 aromatic rings. The molecule has 0 radical (unpaired) electrons. The molecule has 0 aromatic heterocycles. The third-order valence-corrected chi connectivity index (χ3v) is 3.69. The summed E-state index contributed by atoms with van der Waals surface area (Å²) in [6.07, 6.45) is 1.37. The number of aliphatic carboxylic acids is 1. The Morgan fingerprint density at radius 1 is 1.44 bits per heavy atom. The van der Waals surface area contributed by atoms with Crippen LogP contribution in [0, 0.1) is 13.8 Å². The number of hydrogen-bond donors (Lipinski definition) is 2. The second-order valence-corrected chi connectivity index (χ2v) is 5.26. The van der Waals surface area contributed by atoms with Crippen LogP contribution in [0.3, 0.4) is 0 Å². The molecule has 0 fully saturated rings. The van der Waals surface area contributed by atoms with Crippen LogP contribution in [0.15, 0.2) is 6.07 Å². The SMILES string of the molecule is Cc1c(O)cc2c(c1C)OC(C)(CC(=O)O)CC2. The smallest absolute Gasteiger partial charge is 0.307 e. The lowest BCUT2D eigenvalue weighted by Gasteiger charge is -2.36. The molecule has 0 bridgehead atoms. The van der Waals surface area contributed by atoms with Gasteiger partial charge in [-0.2, -0.15) is 0 Å². The van der Waals surface area contributed by atoms with E-state index in [0.29, 0.717) is 6.42 Å². The number of ether oxygens (including phenoxy) is 1. The maximum absolute atomic E-state index is 10.9. The summed E-state index contributed by atoms with van der Waals surface area (Å²) in [7, 11) is 0. The molecule has 1 heterocycles. The molecule has 1 atom stereocenters. The van der Waals surface area contributed by atoms with Gasteiger partial charge in [0.25, 0.3) is 0 Å². The maximum Gasteiger partial charge on any atom is 0.307 e. The number of benzene rings is 1. The molecule has 98 valence electrons. The third kappa shape index (κ3) is 2.15. The fraction of sp³-hybridized carbons (Fsp3) is 0.500. The molecule has 4 nitrogen and oxygen atoms in total. The molecule has 2 rings (SSSR count). The van der Waals surface area contributed by atoms with Gasteiger partial charge in [0.1, 0.15) is 17.1 Å². The van der Waals surface area contributed by atoms with Crippen LogP contribution >= 0.6 is 0 Å². The highest BCUT2D eigenvalue weighted by atomic mass is 16.5. The number of rotatable bonds is 2. The Kier molecular flexibility index (Phi) is 2.97. The average Bonchev–Trinajstić information content (AvgIpc) is 2.26. The van der Waals surface area contributed by atoms with Gasteiger partial charge in [-0.25, -0.2) is 0 Å². The van der Waals surface area contributed by atoms with E-state index in [4.69, 9.17) is 9.84 Å². The molecular weight excluding hydrogens is 232 g/mol. The quantitative estimate of drug-likeness (QED) is 0.846. The molecule has 18 heavy (non-hydrogen) atoms. The van der Waals surface area contributed by atoms with Crippen molar-refractivity contribution in [2.45, 2.75) is 45.6 Å². The summed E-state index contributed by atoms with van der Waals surface area (Å²) >= 11 is 0. The zero-order valence-electron chi connectivity index (χ0n) is 10.9. The monoisotopic (exact) mass is 250 g/mol. The van der Waals surface area contributed by atoms with Crippen LogP contribution in [-0.4, -0.2) is 21.8 Å². The van der Waals surface area contributed by atoms with Gasteiger partial charge in [0.05, 0.1) is 6.42 Å². The Bertz CT molecular complexity index is 507. The van der Waals surface area contributed by atoms with Crippen molar-refractivity contribution in [3.63, 3.8) is 0 Å². The molecule has 2 N–H and O–H groups in total. The summed E-state index contributed by atoms with van der Waals surface area (Å²) in [6.45, 7) is 5.55. The Labute approximate surface area is 106 Å². The number of fused-ring (bicyclic) bond motifs is 1. The summed E-state index contributed by atoms with van der Waals surface area (Å²) in [5.74, 6) is 0.158. The molecular formula is C14H18O4. The van der Waals surface area contributed by atoms with Crippen LogP contribution in [0.2, 0.25) is 0 Å². The van der Waals surface area contributed by atoms with E-state index >= 15 is 0 Å². The molecule has 1 aliphatic heterocycles. The number of carbonyl (C=O) groups is 1. The predicted octanol–water partition coefficient (Wildman–Crippen LogP) is 2.57. The van der Waals surface area contributed by atoms with E-state index in [1.807, 2.05) is 20.8 Å². The highest BCUT2D eigenvalue weighted by molar-refractivity contribution is 5.68. The van der Waals surface area contributed by atoms with E-state index in [9.17, 15) is 9.90 Å². The fourth-order valence-corrected chi connectivity index (χ4v) is 2.41. The Hall–Kier alpha value is -1.71. The highest BCUT2D eigenvalue weighted by Gasteiger charge is 2.35. The lowest BCUT2D eigenvalue weighted by molar-refractivity contribution is -0.141. The normalized spacial score (nSPS) is 22.2. The van der Waals surface area contributed by atoms with Crippen LogP contribution in [0.25, 0.3) is 0 Å². The van der Waals surface area contributed by atoms with Gasteiger partial charge < -0.3 is 14.9 Å². The molecule has 1 aromatic carbocycles. The number of hydrogen-bond acceptors (Lipinski definition) is 3. The van der Waals surface area contributed by atoms with Gasteiger partial charge in [-0.3, -0.25) is 4.79 Å². The van der Waals surface area contributed by atoms with Gasteiger partial charge in [0.15, 0.2) is 0 Å². The molecule has 0 saturated carbocycles. The van der Waals surface area contributed by atoms with Gasteiger partial charge in [-0.05, 0) is 56.4 Å². The van der Waals surface area contributed by atoms with Crippen molar-refractivity contribution in [1.82, 2.24) is 0 Å². The lowest BCUT2D eigenvalue weighted by Crippen LogP contribution is -2.38. The summed E-state index contributed by atoms with van der Waals surface area (Å²) in [5.41, 5.74) is 1.97. The van der Waals surface area contributed by atoms with Gasteiger partial charge in [0.2, 0.25) is 0 Å². The average molecular weight is 250 g/mol. The van der Waals surface area contributed by atoms with Crippen LogP contribution in [-0.2, 0) is 11.2 Å². The topological polar surface area (TPSA) is 66.8 Å². The molecule has 0 saturated heterocycles. The molecule has 0 spiro atoms. The van der Waals surface area contributed by atoms with Crippen LogP contribution in [0.5, 0.6) is 11.5 Å². The largest absolute Gasteiger partial charge is 0.508 e. The standard InChI is InChI=1S/C14H18O4/c1-8-9(2)13-10(6-11(8)15)4-5-14(3,18-13)7-12(16)17/h6,15H,4-5,7H2,1-3H3,(H,16,17). The third-order valence-electron chi connectivity index (χ3n) is 3.69. The Morgan fingerprint density at radius 2 is 2.11 bits per heavy atom. The molecule has 0 aliphatic carbocycles. The van der Waals surface area contributed by atoms with Crippen molar-refractivity contribution < 1.29 is 19.7 Å². The minimum Gasteiger partial charge on any atom is -0.508 e. The zero-order chi connectivity index (χ0) is 13.5. The number of phenols is 1. The van der Waals surface area contributed by atoms with E-state index in [1.165, 1.54) is 0 Å². The number of carboxylic acid groups (broad SMARTS) is 1. The van der Waals surface area contributed by atoms with Gasteiger partial charge in [-0.15, -0.1) is 0 Å². The number of aryl methyl sites for hydroxylation is 1. The van der Waals surface area contributed by atoms with Crippen molar-refractivity contribution in [2.24, 2.45) is 0 Å². The van der Waals surface area contributed by atoms with E-state index in [2.05, 4.69) is 0 Å². The first-order valence-electron chi connectivity index (χ1n) is 6.05. The fourth-order valence-electron chi connectivity index (χ4n) is 2.41. The maximum atomic E-state index is 10.9. The molecule has 1 unspecified atom stereocenters. The molecule has 1 aliphatic rings. The minimum atomic E-state index is -0.853. The zero-order valence-corrected chi connectivity index (χ0v) is 10.9. The first-order chi connectivity index (χ1) is 8.32. The highest BCUT2D eigenvalue weighted by Crippen LogP contribution is 2.41. The molecule has 4 heteroatoms. The first kappa shape index (κ1) is 12.7. The second kappa shape index (κ2) is 4.19. The van der Waals surface area contributed by atoms with Crippen molar-refractivity contribution in [3.8, 4) is 11.5 Å². The lowest BCUT2D eigenvalue weighted by atomic mass is 9.88. The second-order valence-electron chi connectivity index (χ2n) is 5.26. The van der Waals surface area contributed by atoms with E-state index in [0.717, 1.165) is 28.9 Å². The minimum absolute atomic E-state index is 0.00813. The van der Waals surface area contributed by atoms with E-state index in [-0.39, 0.29) is 12.2 Å². The summed E-state index contributed by atoms with van der Waals surface area (Å²) in [5, 5.41) is 18.7. The Morgan fingerprint density at radius 3 is 2.72 bits per heavy atom. The molecule has 0 amide bonds. The van der Waals surface area contributed by atoms with E-state index < -0.39 is 11.6 Å². The van der Waals surface area contributed by atoms with Gasteiger partial charge >= 0.3 is 5.97 Å². The summed E-state index contributed by atoms with van der Waals surface area (Å²) in [4.78, 5) is 10.9. The number of carboxylic acids is 1. The Balaban J connectivity index is 2.40. The van der Waals surface area contributed by atoms with Crippen LogP contribution in [0.1, 0.15) is 36.5 Å². The first-order valence-corrected chi connectivity index (χ1v) is 6.05. The van der Waals surface area contributed by atoms with E-state index in [1.54, 1.807) is 6.07 Å². The van der Waals surface area contributed by atoms with Crippen molar-refractivity contribution in [3.05, 3.63) is 22.8 Å².